The average Bonchev–Trinajstić information content (AvgIpc) is 2.39. The van der Waals surface area contributed by atoms with Gasteiger partial charge in [0, 0.05) is 11.3 Å². The van der Waals surface area contributed by atoms with Gasteiger partial charge in [-0.25, -0.2) is 4.79 Å². The van der Waals surface area contributed by atoms with E-state index in [1.807, 2.05) is 6.92 Å². The molecule has 3 heteroatoms. The van der Waals surface area contributed by atoms with Crippen molar-refractivity contribution in [2.24, 2.45) is 0 Å². The highest BCUT2D eigenvalue weighted by Crippen LogP contribution is 2.42. The molecule has 0 fully saturated rings. The Morgan fingerprint density at radius 2 is 1.82 bits per heavy atom. The molecule has 1 aromatic rings. The van der Waals surface area contributed by atoms with Gasteiger partial charge in [0.15, 0.2) is 0 Å². The molecule has 0 radical (unpaired) electrons. The quantitative estimate of drug-likeness (QED) is 0.886. The molecule has 0 spiro atoms. The average molecular weight is 301 g/mol. The van der Waals surface area contributed by atoms with Crippen LogP contribution in [0.5, 0.6) is 0 Å². The van der Waals surface area contributed by atoms with Gasteiger partial charge < -0.3 is 10.0 Å². The number of aliphatic carboxylic acids is 1. The number of fused-ring (bicyclic) bond motifs is 1. The third kappa shape index (κ3) is 2.77. The zero-order chi connectivity index (χ0) is 16.7. The van der Waals surface area contributed by atoms with Crippen LogP contribution in [0, 0.1) is 13.8 Å². The molecule has 22 heavy (non-hydrogen) atoms. The van der Waals surface area contributed by atoms with Gasteiger partial charge >= 0.3 is 5.97 Å². The van der Waals surface area contributed by atoms with Crippen LogP contribution >= 0.6 is 0 Å². The minimum absolute atomic E-state index is 0.309. The summed E-state index contributed by atoms with van der Waals surface area (Å²) in [5.41, 5.74) is 5.57. The maximum Gasteiger partial charge on any atom is 0.326 e. The summed E-state index contributed by atoms with van der Waals surface area (Å²) >= 11 is 0. The molecule has 3 nitrogen and oxygen atoms in total. The highest BCUT2D eigenvalue weighted by atomic mass is 16.4. The van der Waals surface area contributed by atoms with Gasteiger partial charge in [0.05, 0.1) is 5.54 Å². The fourth-order valence-corrected chi connectivity index (χ4v) is 3.51. The molecular formula is C19H27NO2. The van der Waals surface area contributed by atoms with Gasteiger partial charge in [-0.15, -0.1) is 0 Å². The number of carbonyl (C=O) groups is 1. The van der Waals surface area contributed by atoms with Crippen molar-refractivity contribution in [2.75, 3.05) is 4.90 Å². The summed E-state index contributed by atoms with van der Waals surface area (Å²) in [7, 11) is 0. The van der Waals surface area contributed by atoms with Crippen molar-refractivity contribution in [3.63, 3.8) is 0 Å². The number of rotatable bonds is 4. The van der Waals surface area contributed by atoms with E-state index >= 15 is 0 Å². The maximum absolute atomic E-state index is 11.9. The third-order valence-corrected chi connectivity index (χ3v) is 4.65. The molecule has 0 aliphatic carbocycles. The van der Waals surface area contributed by atoms with E-state index in [1.54, 1.807) is 0 Å². The Morgan fingerprint density at radius 1 is 1.23 bits per heavy atom. The van der Waals surface area contributed by atoms with Crippen LogP contribution in [0.3, 0.4) is 0 Å². The van der Waals surface area contributed by atoms with Crippen molar-refractivity contribution >= 4 is 17.2 Å². The van der Waals surface area contributed by atoms with E-state index < -0.39 is 12.0 Å². The highest BCUT2D eigenvalue weighted by molar-refractivity contribution is 5.87. The number of anilines is 1. The molecule has 1 aromatic carbocycles. The van der Waals surface area contributed by atoms with Gasteiger partial charge in [-0.1, -0.05) is 19.4 Å². The number of carboxylic acid groups (broad SMARTS) is 1. The zero-order valence-electron chi connectivity index (χ0n) is 14.5. The lowest BCUT2D eigenvalue weighted by molar-refractivity contribution is -0.139. The first kappa shape index (κ1) is 16.6. The van der Waals surface area contributed by atoms with E-state index in [0.29, 0.717) is 6.42 Å². The maximum atomic E-state index is 11.9. The summed E-state index contributed by atoms with van der Waals surface area (Å²) in [6, 6.07) is 3.84. The Labute approximate surface area is 133 Å². The van der Waals surface area contributed by atoms with Crippen LogP contribution < -0.4 is 4.90 Å². The van der Waals surface area contributed by atoms with Crippen LogP contribution in [0.1, 0.15) is 57.2 Å². The lowest BCUT2D eigenvalue weighted by Crippen LogP contribution is -2.54. The van der Waals surface area contributed by atoms with Crippen molar-refractivity contribution in [2.45, 2.75) is 66.0 Å². The molecule has 1 heterocycles. The van der Waals surface area contributed by atoms with Crippen molar-refractivity contribution in [1.82, 2.24) is 0 Å². The van der Waals surface area contributed by atoms with E-state index in [1.165, 1.54) is 16.7 Å². The first-order valence-electron chi connectivity index (χ1n) is 8.02. The molecular weight excluding hydrogens is 274 g/mol. The number of aryl methyl sites for hydroxylation is 2. The van der Waals surface area contributed by atoms with Gasteiger partial charge in [-0.3, -0.25) is 0 Å². The Balaban J connectivity index is 2.67. The van der Waals surface area contributed by atoms with Crippen LogP contribution in [0.4, 0.5) is 5.69 Å². The van der Waals surface area contributed by atoms with Crippen LogP contribution in [0.2, 0.25) is 0 Å². The van der Waals surface area contributed by atoms with E-state index in [0.717, 1.165) is 17.7 Å². The Kier molecular flexibility index (Phi) is 4.37. The van der Waals surface area contributed by atoms with Gasteiger partial charge in [0.1, 0.15) is 6.04 Å². The number of hydrogen-bond acceptors (Lipinski definition) is 2. The zero-order valence-corrected chi connectivity index (χ0v) is 14.5. The van der Waals surface area contributed by atoms with Crippen molar-refractivity contribution in [3.05, 3.63) is 34.9 Å². The third-order valence-electron chi connectivity index (χ3n) is 4.65. The summed E-state index contributed by atoms with van der Waals surface area (Å²) in [5, 5.41) is 9.74. The predicted molar refractivity (Wildman–Crippen MR) is 92.5 cm³/mol. The summed E-state index contributed by atoms with van der Waals surface area (Å²) in [6.07, 6.45) is 3.69. The van der Waals surface area contributed by atoms with Crippen LogP contribution in [0.25, 0.3) is 5.57 Å². The van der Waals surface area contributed by atoms with Crippen LogP contribution in [-0.4, -0.2) is 22.7 Å². The lowest BCUT2D eigenvalue weighted by atomic mass is 9.85. The largest absolute Gasteiger partial charge is 0.480 e. The molecule has 1 atom stereocenters. The molecule has 0 bridgehead atoms. The molecule has 0 saturated heterocycles. The summed E-state index contributed by atoms with van der Waals surface area (Å²) in [4.78, 5) is 13.9. The van der Waals surface area contributed by atoms with E-state index in [4.69, 9.17) is 0 Å². The Hall–Kier alpha value is -1.77. The molecule has 0 saturated carbocycles. The predicted octanol–water partition coefficient (Wildman–Crippen LogP) is 4.56. The SMILES string of the molecule is CCCC(C(=O)O)N1c2cc(C)c(C)cc2C(C)=CC1(C)C. The first-order valence-corrected chi connectivity index (χ1v) is 8.02. The number of benzene rings is 1. The molecule has 0 amide bonds. The second-order valence-electron chi connectivity index (χ2n) is 6.95. The van der Waals surface area contributed by atoms with Gasteiger partial charge in [0.2, 0.25) is 0 Å². The topological polar surface area (TPSA) is 40.5 Å². The molecule has 1 unspecified atom stereocenters. The number of nitrogens with zero attached hydrogens (tertiary/aromatic N) is 1. The lowest BCUT2D eigenvalue weighted by Gasteiger charge is -2.46. The monoisotopic (exact) mass is 301 g/mol. The molecule has 1 N–H and O–H groups in total. The van der Waals surface area contributed by atoms with Gasteiger partial charge in [-0.2, -0.15) is 0 Å². The number of allylic oxidation sites excluding steroid dienone is 1. The van der Waals surface area contributed by atoms with E-state index in [-0.39, 0.29) is 5.54 Å². The molecule has 120 valence electrons. The van der Waals surface area contributed by atoms with Crippen LogP contribution in [-0.2, 0) is 4.79 Å². The Morgan fingerprint density at radius 3 is 2.36 bits per heavy atom. The first-order chi connectivity index (χ1) is 10.2. The highest BCUT2D eigenvalue weighted by Gasteiger charge is 2.39. The standard InChI is InChI=1S/C19H27NO2/c1-7-8-16(18(21)22)20-17-10-13(3)12(2)9-15(17)14(4)11-19(20,5)6/h9-11,16H,7-8H2,1-6H3,(H,21,22). The number of hydrogen-bond donors (Lipinski definition) is 1. The normalized spacial score (nSPS) is 17.7. The molecule has 2 rings (SSSR count). The fraction of sp³-hybridized carbons (Fsp3) is 0.526. The summed E-state index contributed by atoms with van der Waals surface area (Å²) in [5.74, 6) is -0.743. The van der Waals surface area contributed by atoms with Crippen molar-refractivity contribution in [1.29, 1.82) is 0 Å². The van der Waals surface area contributed by atoms with Gasteiger partial charge in [0.25, 0.3) is 0 Å². The molecule has 0 aromatic heterocycles. The second-order valence-corrected chi connectivity index (χ2v) is 6.95. The van der Waals surface area contributed by atoms with Crippen LogP contribution in [0.15, 0.2) is 18.2 Å². The van der Waals surface area contributed by atoms with Crippen molar-refractivity contribution < 1.29 is 9.90 Å². The molecule has 1 aliphatic heterocycles. The fourth-order valence-electron chi connectivity index (χ4n) is 3.51. The second kappa shape index (κ2) is 5.79. The molecule has 1 aliphatic rings. The Bertz CT molecular complexity index is 629. The van der Waals surface area contributed by atoms with Gasteiger partial charge in [-0.05, 0) is 69.9 Å². The summed E-state index contributed by atoms with van der Waals surface area (Å²) < 4.78 is 0. The van der Waals surface area contributed by atoms with E-state index in [9.17, 15) is 9.90 Å². The summed E-state index contributed by atoms with van der Waals surface area (Å²) in [6.45, 7) is 12.5. The minimum atomic E-state index is -0.743. The minimum Gasteiger partial charge on any atom is -0.480 e. The smallest absolute Gasteiger partial charge is 0.326 e. The van der Waals surface area contributed by atoms with Crippen molar-refractivity contribution in [3.8, 4) is 0 Å². The van der Waals surface area contributed by atoms with E-state index in [2.05, 4.69) is 57.7 Å². The number of carboxylic acids is 1.